The molecular formula is C21H26ClF3N6O3. The van der Waals surface area contributed by atoms with Crippen molar-refractivity contribution >= 4 is 29.2 Å². The second-order valence-electron chi connectivity index (χ2n) is 7.76. The Bertz CT molecular complexity index is 1020. The summed E-state index contributed by atoms with van der Waals surface area (Å²) in [5, 5.41) is 7.65. The number of hydrogen-bond acceptors (Lipinski definition) is 5. The number of halogens is 4. The van der Waals surface area contributed by atoms with E-state index in [4.69, 9.17) is 16.4 Å². The van der Waals surface area contributed by atoms with Crippen molar-refractivity contribution in [3.8, 4) is 0 Å². The third kappa shape index (κ3) is 5.92. The van der Waals surface area contributed by atoms with Crippen molar-refractivity contribution in [3.05, 3.63) is 46.2 Å². The zero-order valence-electron chi connectivity index (χ0n) is 19.0. The maximum atomic E-state index is 13.4. The lowest BCUT2D eigenvalue weighted by atomic mass is 10.2. The number of rotatable bonds is 6. The van der Waals surface area contributed by atoms with Crippen LogP contribution in [0.2, 0.25) is 5.02 Å². The fraction of sp³-hybridized carbons (Fsp3) is 0.476. The SMILES string of the molecule is CON(C)C(=O)NCc1c(C)c(C(F)(F)F)nn1CC(=O)N1CCN(c2ccc(Cl)cc2)CC1. The molecule has 0 atom stereocenters. The lowest BCUT2D eigenvalue weighted by molar-refractivity contribution is -0.142. The van der Waals surface area contributed by atoms with Gasteiger partial charge in [0.25, 0.3) is 0 Å². The highest BCUT2D eigenvalue weighted by Crippen LogP contribution is 2.32. The van der Waals surface area contributed by atoms with Crippen molar-refractivity contribution in [2.45, 2.75) is 26.2 Å². The first kappa shape index (κ1) is 25.6. The van der Waals surface area contributed by atoms with Gasteiger partial charge in [-0.25, -0.2) is 9.86 Å². The molecule has 1 aliphatic rings. The Labute approximate surface area is 199 Å². The molecule has 1 N–H and O–H groups in total. The maximum Gasteiger partial charge on any atom is 0.435 e. The quantitative estimate of drug-likeness (QED) is 0.614. The molecule has 3 rings (SSSR count). The Morgan fingerprint density at radius 1 is 1.18 bits per heavy atom. The number of hydroxylamine groups is 2. The number of benzene rings is 1. The maximum absolute atomic E-state index is 13.4. The van der Waals surface area contributed by atoms with E-state index < -0.39 is 17.9 Å². The average Bonchev–Trinajstić information content (AvgIpc) is 3.12. The lowest BCUT2D eigenvalue weighted by Crippen LogP contribution is -2.49. The molecule has 0 aliphatic carbocycles. The number of hydrogen-bond donors (Lipinski definition) is 1. The summed E-state index contributed by atoms with van der Waals surface area (Å²) in [7, 11) is 2.63. The van der Waals surface area contributed by atoms with E-state index in [1.54, 1.807) is 17.0 Å². The van der Waals surface area contributed by atoms with E-state index in [9.17, 15) is 22.8 Å². The number of nitrogens with zero attached hydrogens (tertiary/aromatic N) is 5. The summed E-state index contributed by atoms with van der Waals surface area (Å²) in [4.78, 5) is 33.3. The van der Waals surface area contributed by atoms with E-state index in [0.717, 1.165) is 15.4 Å². The van der Waals surface area contributed by atoms with Gasteiger partial charge in [0.05, 0.1) is 19.3 Å². The van der Waals surface area contributed by atoms with Crippen LogP contribution in [0.4, 0.5) is 23.7 Å². The first-order chi connectivity index (χ1) is 16.0. The minimum Gasteiger partial charge on any atom is -0.368 e. The van der Waals surface area contributed by atoms with Gasteiger partial charge >= 0.3 is 12.2 Å². The summed E-state index contributed by atoms with van der Waals surface area (Å²) >= 11 is 5.93. The minimum atomic E-state index is -4.69. The van der Waals surface area contributed by atoms with Crippen LogP contribution >= 0.6 is 11.6 Å². The highest BCUT2D eigenvalue weighted by molar-refractivity contribution is 6.30. The van der Waals surface area contributed by atoms with E-state index >= 15 is 0 Å². The number of urea groups is 1. The second-order valence-corrected chi connectivity index (χ2v) is 8.20. The van der Waals surface area contributed by atoms with Crippen molar-refractivity contribution in [2.75, 3.05) is 45.2 Å². The number of anilines is 1. The molecule has 0 spiro atoms. The Morgan fingerprint density at radius 3 is 2.35 bits per heavy atom. The zero-order chi connectivity index (χ0) is 25.0. The third-order valence-electron chi connectivity index (χ3n) is 5.66. The molecule has 1 aliphatic heterocycles. The highest BCUT2D eigenvalue weighted by atomic mass is 35.5. The first-order valence-corrected chi connectivity index (χ1v) is 10.9. The smallest absolute Gasteiger partial charge is 0.368 e. The molecule has 1 aromatic heterocycles. The molecule has 0 saturated carbocycles. The Balaban J connectivity index is 1.70. The topological polar surface area (TPSA) is 82.9 Å². The fourth-order valence-corrected chi connectivity index (χ4v) is 3.78. The molecule has 13 heteroatoms. The van der Waals surface area contributed by atoms with Gasteiger partial charge in [-0.05, 0) is 31.2 Å². The minimum absolute atomic E-state index is 0.0957. The van der Waals surface area contributed by atoms with Crippen LogP contribution in [0.15, 0.2) is 24.3 Å². The van der Waals surface area contributed by atoms with Crippen molar-refractivity contribution in [1.29, 1.82) is 0 Å². The van der Waals surface area contributed by atoms with Gasteiger partial charge in [0.15, 0.2) is 5.69 Å². The van der Waals surface area contributed by atoms with Crippen LogP contribution in [0, 0.1) is 6.92 Å². The number of nitrogens with one attached hydrogen (secondary N) is 1. The second kappa shape index (κ2) is 10.5. The van der Waals surface area contributed by atoms with Crippen LogP contribution in [-0.4, -0.2) is 72.0 Å². The van der Waals surface area contributed by atoms with Crippen LogP contribution < -0.4 is 10.2 Å². The van der Waals surface area contributed by atoms with Gasteiger partial charge in [0.1, 0.15) is 6.54 Å². The van der Waals surface area contributed by atoms with Crippen LogP contribution in [0.1, 0.15) is 17.0 Å². The summed E-state index contributed by atoms with van der Waals surface area (Å²) in [6, 6.07) is 6.72. The molecule has 0 radical (unpaired) electrons. The van der Waals surface area contributed by atoms with Gasteiger partial charge in [0.2, 0.25) is 5.91 Å². The zero-order valence-corrected chi connectivity index (χ0v) is 19.8. The van der Waals surface area contributed by atoms with E-state index in [1.807, 2.05) is 12.1 Å². The predicted octanol–water partition coefficient (Wildman–Crippen LogP) is 2.92. The van der Waals surface area contributed by atoms with E-state index in [-0.39, 0.29) is 30.3 Å². The highest BCUT2D eigenvalue weighted by Gasteiger charge is 2.38. The van der Waals surface area contributed by atoms with E-state index in [2.05, 4.69) is 15.3 Å². The number of piperazine rings is 1. The monoisotopic (exact) mass is 502 g/mol. The van der Waals surface area contributed by atoms with Crippen LogP contribution in [0.3, 0.4) is 0 Å². The van der Waals surface area contributed by atoms with Crippen molar-refractivity contribution in [1.82, 2.24) is 25.1 Å². The number of carbonyl (C=O) groups excluding carboxylic acids is 2. The molecule has 2 heterocycles. The molecule has 0 unspecified atom stereocenters. The molecule has 1 aromatic carbocycles. The summed E-state index contributed by atoms with van der Waals surface area (Å²) in [6.45, 7) is 2.62. The standard InChI is InChI=1S/C21H26ClF3N6O3/c1-14-17(12-26-20(33)28(2)34-3)31(27-19(14)21(23,24)25)13-18(32)30-10-8-29(9-11-30)16-6-4-15(22)5-7-16/h4-7H,8-13H2,1-3H3,(H,26,33). The largest absolute Gasteiger partial charge is 0.435 e. The van der Waals surface area contributed by atoms with Gasteiger partial charge in [0, 0.05) is 49.5 Å². The molecule has 186 valence electrons. The molecule has 34 heavy (non-hydrogen) atoms. The van der Waals surface area contributed by atoms with Gasteiger partial charge < -0.3 is 15.1 Å². The van der Waals surface area contributed by atoms with E-state index in [1.165, 1.54) is 21.1 Å². The summed E-state index contributed by atoms with van der Waals surface area (Å²) in [6.07, 6.45) is -4.69. The number of carbonyl (C=O) groups is 2. The number of aromatic nitrogens is 2. The lowest BCUT2D eigenvalue weighted by Gasteiger charge is -2.36. The number of amides is 3. The normalized spacial score (nSPS) is 14.3. The molecular weight excluding hydrogens is 477 g/mol. The van der Waals surface area contributed by atoms with Crippen molar-refractivity contribution in [2.24, 2.45) is 0 Å². The van der Waals surface area contributed by atoms with Gasteiger partial charge in [-0.15, -0.1) is 0 Å². The van der Waals surface area contributed by atoms with Gasteiger partial charge in [-0.1, -0.05) is 11.6 Å². The Hall–Kier alpha value is -2.99. The Kier molecular flexibility index (Phi) is 7.93. The molecule has 0 bridgehead atoms. The molecule has 9 nitrogen and oxygen atoms in total. The molecule has 1 saturated heterocycles. The fourth-order valence-electron chi connectivity index (χ4n) is 3.66. The summed E-state index contributed by atoms with van der Waals surface area (Å²) in [5.74, 6) is -0.353. The van der Waals surface area contributed by atoms with Crippen LogP contribution in [0.25, 0.3) is 0 Å². The average molecular weight is 503 g/mol. The summed E-state index contributed by atoms with van der Waals surface area (Å²) in [5.41, 5.74) is -0.156. The van der Waals surface area contributed by atoms with Gasteiger partial charge in [-0.3, -0.25) is 14.3 Å². The van der Waals surface area contributed by atoms with E-state index in [0.29, 0.717) is 31.2 Å². The van der Waals surface area contributed by atoms with Gasteiger partial charge in [-0.2, -0.15) is 18.3 Å². The molecule has 1 fully saturated rings. The van der Waals surface area contributed by atoms with Crippen LogP contribution in [-0.2, 0) is 28.9 Å². The predicted molar refractivity (Wildman–Crippen MR) is 119 cm³/mol. The molecule has 2 aromatic rings. The first-order valence-electron chi connectivity index (χ1n) is 10.5. The number of alkyl halides is 3. The van der Waals surface area contributed by atoms with Crippen molar-refractivity contribution < 1.29 is 27.6 Å². The molecule has 3 amide bonds. The summed E-state index contributed by atoms with van der Waals surface area (Å²) < 4.78 is 41.3. The Morgan fingerprint density at radius 2 is 1.79 bits per heavy atom. The van der Waals surface area contributed by atoms with Crippen LogP contribution in [0.5, 0.6) is 0 Å². The van der Waals surface area contributed by atoms with Crippen molar-refractivity contribution in [3.63, 3.8) is 0 Å². The third-order valence-corrected chi connectivity index (χ3v) is 5.92.